The van der Waals surface area contributed by atoms with E-state index in [0.717, 1.165) is 85.1 Å². The van der Waals surface area contributed by atoms with Crippen molar-refractivity contribution >= 4 is 11.3 Å². The first kappa shape index (κ1) is 22.1. The van der Waals surface area contributed by atoms with Crippen LogP contribution in [0.15, 0.2) is 16.8 Å². The Morgan fingerprint density at radius 3 is 1.68 bits per heavy atom. The third-order valence-electron chi connectivity index (χ3n) is 5.50. The fourth-order valence-corrected chi connectivity index (χ4v) is 4.44. The topological polar surface area (TPSA) is 110 Å². The summed E-state index contributed by atoms with van der Waals surface area (Å²) >= 11 is 1.75. The Bertz CT molecular complexity index is 494. The normalized spacial score (nSPS) is 31.9. The van der Waals surface area contributed by atoms with Gasteiger partial charge in [0.2, 0.25) is 0 Å². The molecule has 0 atom stereocenters. The van der Waals surface area contributed by atoms with Crippen LogP contribution in [0.25, 0.3) is 0 Å². The SMILES string of the molecule is NC12CNCCNCC(NCc3ccsc3)(CNCCNC1)CNCCNC2. The van der Waals surface area contributed by atoms with Crippen LogP contribution in [0.2, 0.25) is 0 Å². The molecule has 0 spiro atoms. The van der Waals surface area contributed by atoms with Gasteiger partial charge in [-0.25, -0.2) is 0 Å². The van der Waals surface area contributed by atoms with Crippen LogP contribution in [0, 0.1) is 0 Å². The number of fused-ring (bicyclic) bond motifs is 15. The van der Waals surface area contributed by atoms with Gasteiger partial charge >= 0.3 is 0 Å². The smallest absolute Gasteiger partial charge is 0.0561 e. The lowest BCUT2D eigenvalue weighted by Gasteiger charge is -2.37. The first-order chi connectivity index (χ1) is 13.7. The minimum atomic E-state index is -0.278. The van der Waals surface area contributed by atoms with E-state index in [-0.39, 0.29) is 11.1 Å². The molecule has 3 saturated heterocycles. The first-order valence-electron chi connectivity index (χ1n) is 10.5. The highest BCUT2D eigenvalue weighted by Gasteiger charge is 2.30. The molecule has 28 heavy (non-hydrogen) atoms. The standard InChI is InChI=1S/C19H38N8S/c20-18-11-21-2-5-24-14-19(15-25-6-3-22-12-18,16-26-7-4-23-13-18)27-9-17-1-8-28-10-17/h1,8,10,21-27H,2-7,9,11-16,20H2. The van der Waals surface area contributed by atoms with Gasteiger partial charge in [0.25, 0.3) is 0 Å². The summed E-state index contributed by atoms with van der Waals surface area (Å²) in [7, 11) is 0. The average molecular weight is 411 g/mol. The number of nitrogens with two attached hydrogens (primary N) is 1. The van der Waals surface area contributed by atoms with Crippen molar-refractivity contribution in [2.45, 2.75) is 17.6 Å². The largest absolute Gasteiger partial charge is 0.322 e. The molecule has 0 aromatic carbocycles. The van der Waals surface area contributed by atoms with Crippen LogP contribution in [0.5, 0.6) is 0 Å². The Balaban J connectivity index is 1.69. The van der Waals surface area contributed by atoms with Gasteiger partial charge in [0.05, 0.1) is 11.1 Å². The van der Waals surface area contributed by atoms with E-state index < -0.39 is 0 Å². The number of hydrogen-bond donors (Lipinski definition) is 8. The average Bonchev–Trinajstić information content (AvgIpc) is 3.21. The van der Waals surface area contributed by atoms with E-state index in [1.54, 1.807) is 11.3 Å². The quantitative estimate of drug-likeness (QED) is 0.285. The zero-order valence-corrected chi connectivity index (χ0v) is 17.7. The fourth-order valence-electron chi connectivity index (χ4n) is 3.77. The van der Waals surface area contributed by atoms with Crippen molar-refractivity contribution in [3.63, 3.8) is 0 Å². The molecule has 0 aliphatic carbocycles. The molecule has 8 nitrogen and oxygen atoms in total. The number of rotatable bonds is 3. The molecule has 0 unspecified atom stereocenters. The Kier molecular flexibility index (Phi) is 9.09. The highest BCUT2D eigenvalue weighted by atomic mass is 32.1. The van der Waals surface area contributed by atoms with E-state index in [4.69, 9.17) is 5.73 Å². The molecule has 3 fully saturated rings. The van der Waals surface area contributed by atoms with Crippen molar-refractivity contribution < 1.29 is 0 Å². The highest BCUT2D eigenvalue weighted by molar-refractivity contribution is 7.07. The summed E-state index contributed by atoms with van der Waals surface area (Å²) in [5, 5.41) is 29.8. The monoisotopic (exact) mass is 410 g/mol. The van der Waals surface area contributed by atoms with Crippen molar-refractivity contribution in [3.05, 3.63) is 22.4 Å². The maximum absolute atomic E-state index is 6.65. The predicted octanol–water partition coefficient (Wildman–Crippen LogP) is -2.16. The Hall–Kier alpha value is -0.620. The third kappa shape index (κ3) is 7.33. The van der Waals surface area contributed by atoms with E-state index in [2.05, 4.69) is 54.0 Å². The van der Waals surface area contributed by atoms with Crippen LogP contribution in [-0.2, 0) is 6.54 Å². The summed E-state index contributed by atoms with van der Waals surface area (Å²) < 4.78 is 0. The second-order valence-corrected chi connectivity index (χ2v) is 8.97. The van der Waals surface area contributed by atoms with Gasteiger partial charge in [-0.05, 0) is 22.4 Å². The summed E-state index contributed by atoms with van der Waals surface area (Å²) in [4.78, 5) is 0. The maximum atomic E-state index is 6.65. The van der Waals surface area contributed by atoms with Crippen LogP contribution >= 0.6 is 11.3 Å². The summed E-state index contributed by atoms with van der Waals surface area (Å²) in [5.41, 5.74) is 7.67. The van der Waals surface area contributed by atoms with Gasteiger partial charge in [0, 0.05) is 85.1 Å². The number of hydrogen-bond acceptors (Lipinski definition) is 9. The van der Waals surface area contributed by atoms with E-state index >= 15 is 0 Å². The van der Waals surface area contributed by atoms with Gasteiger partial charge in [0.15, 0.2) is 0 Å². The minimum Gasteiger partial charge on any atom is -0.322 e. The molecule has 9 heteroatoms. The lowest BCUT2D eigenvalue weighted by atomic mass is 9.97. The molecule has 0 amide bonds. The Labute approximate surface area is 173 Å². The molecule has 0 saturated carbocycles. The van der Waals surface area contributed by atoms with Gasteiger partial charge in [-0.15, -0.1) is 0 Å². The van der Waals surface area contributed by atoms with Crippen molar-refractivity contribution in [2.24, 2.45) is 5.73 Å². The number of nitrogens with one attached hydrogen (secondary N) is 7. The predicted molar refractivity (Wildman–Crippen MR) is 118 cm³/mol. The van der Waals surface area contributed by atoms with Gasteiger partial charge in [0.1, 0.15) is 0 Å². The second kappa shape index (κ2) is 11.5. The highest BCUT2D eigenvalue weighted by Crippen LogP contribution is 2.09. The maximum Gasteiger partial charge on any atom is 0.0561 e. The molecule has 0 radical (unpaired) electrons. The van der Waals surface area contributed by atoms with Crippen molar-refractivity contribution in [1.82, 2.24) is 37.2 Å². The van der Waals surface area contributed by atoms with E-state index in [9.17, 15) is 0 Å². The molecular weight excluding hydrogens is 372 g/mol. The van der Waals surface area contributed by atoms with Gasteiger partial charge in [-0.1, -0.05) is 0 Å². The van der Waals surface area contributed by atoms with Gasteiger partial charge in [-0.3, -0.25) is 0 Å². The summed E-state index contributed by atoms with van der Waals surface area (Å²) in [6, 6.07) is 2.20. The summed E-state index contributed by atoms with van der Waals surface area (Å²) in [5.74, 6) is 0. The Morgan fingerprint density at radius 1 is 0.786 bits per heavy atom. The second-order valence-electron chi connectivity index (χ2n) is 8.19. The van der Waals surface area contributed by atoms with Crippen LogP contribution < -0.4 is 43.0 Å². The zero-order valence-electron chi connectivity index (χ0n) is 16.9. The number of thiophene rings is 1. The van der Waals surface area contributed by atoms with E-state index in [1.807, 2.05) is 0 Å². The van der Waals surface area contributed by atoms with Crippen LogP contribution in [0.1, 0.15) is 5.56 Å². The zero-order chi connectivity index (χ0) is 19.5. The first-order valence-corrected chi connectivity index (χ1v) is 11.4. The molecule has 3 aliphatic rings. The summed E-state index contributed by atoms with van der Waals surface area (Å²) in [6.45, 7) is 11.6. The van der Waals surface area contributed by atoms with Crippen molar-refractivity contribution in [3.8, 4) is 0 Å². The molecule has 1 aromatic heterocycles. The fraction of sp³-hybridized carbons (Fsp3) is 0.789. The van der Waals surface area contributed by atoms with Gasteiger partial charge < -0.3 is 43.0 Å². The van der Waals surface area contributed by atoms with Crippen LogP contribution in [0.4, 0.5) is 0 Å². The van der Waals surface area contributed by atoms with Crippen molar-refractivity contribution in [2.75, 3.05) is 78.5 Å². The molecule has 4 rings (SSSR count). The molecule has 9 N–H and O–H groups in total. The van der Waals surface area contributed by atoms with Gasteiger partial charge in [-0.2, -0.15) is 11.3 Å². The minimum absolute atomic E-state index is 0.0478. The molecular formula is C19H38N8S. The lowest BCUT2D eigenvalue weighted by molar-refractivity contribution is 0.269. The molecule has 4 heterocycles. The van der Waals surface area contributed by atoms with Crippen LogP contribution in [0.3, 0.4) is 0 Å². The molecule has 2 bridgehead atoms. The Morgan fingerprint density at radius 2 is 1.25 bits per heavy atom. The molecule has 1 aromatic rings. The van der Waals surface area contributed by atoms with E-state index in [0.29, 0.717) is 0 Å². The summed E-state index contributed by atoms with van der Waals surface area (Å²) in [6.07, 6.45) is 0. The molecule has 160 valence electrons. The van der Waals surface area contributed by atoms with Crippen molar-refractivity contribution in [1.29, 1.82) is 0 Å². The lowest BCUT2D eigenvalue weighted by Crippen LogP contribution is -2.66. The van der Waals surface area contributed by atoms with E-state index in [1.165, 1.54) is 5.56 Å². The molecule has 3 aliphatic heterocycles. The van der Waals surface area contributed by atoms with Crippen LogP contribution in [-0.4, -0.2) is 89.6 Å². The third-order valence-corrected chi connectivity index (χ3v) is 6.24.